The van der Waals surface area contributed by atoms with Crippen molar-refractivity contribution >= 4 is 46.2 Å². The summed E-state index contributed by atoms with van der Waals surface area (Å²) in [5, 5.41) is 8.17. The Hall–Kier alpha value is -6.15. The summed E-state index contributed by atoms with van der Waals surface area (Å²) in [4.78, 5) is 65.7. The van der Waals surface area contributed by atoms with Gasteiger partial charge in [-0.15, -0.1) is 0 Å². The molecule has 1 spiro atoms. The average Bonchev–Trinajstić information content (AvgIpc) is 3.72. The number of hydrogen-bond acceptors (Lipinski definition) is 11. The summed E-state index contributed by atoms with van der Waals surface area (Å²) < 4.78 is 8.09. The fourth-order valence-corrected chi connectivity index (χ4v) is 9.79. The SMILES string of the molecule is Nc1ncnc2c1c(-c1ccc(Oc3ccccc3)cc1)nn2C1CC2(CCN(C3CCN(c4ccc5c(c4)C(=O)N(C4CCC(=O)NC4=O)C5=O)CC3)CC2)C1. The van der Waals surface area contributed by atoms with E-state index in [1.165, 1.54) is 6.33 Å². The van der Waals surface area contributed by atoms with Crippen molar-refractivity contribution < 1.29 is 23.9 Å². The molecule has 1 aliphatic carbocycles. The highest BCUT2D eigenvalue weighted by atomic mass is 16.5. The number of hydrogen-bond donors (Lipinski definition) is 2. The predicted molar refractivity (Wildman–Crippen MR) is 212 cm³/mol. The molecule has 1 atom stereocenters. The molecule has 6 heterocycles. The normalized spacial score (nSPS) is 21.6. The zero-order chi connectivity index (χ0) is 38.8. The van der Waals surface area contributed by atoms with Crippen LogP contribution in [-0.4, -0.2) is 91.4 Å². The molecule has 4 amide bonds. The monoisotopic (exact) mass is 765 g/mol. The number of piperidine rings is 3. The number of amides is 4. The first kappa shape index (κ1) is 35.3. The summed E-state index contributed by atoms with van der Waals surface area (Å²) >= 11 is 0. The molecule has 290 valence electrons. The number of nitrogen functional groups attached to an aromatic ring is 1. The Balaban J connectivity index is 0.755. The largest absolute Gasteiger partial charge is 0.457 e. The van der Waals surface area contributed by atoms with Gasteiger partial charge in [-0.25, -0.2) is 14.6 Å². The van der Waals surface area contributed by atoms with Gasteiger partial charge >= 0.3 is 0 Å². The molecule has 1 unspecified atom stereocenters. The Bertz CT molecular complexity index is 2410. The second-order valence-electron chi connectivity index (χ2n) is 16.2. The van der Waals surface area contributed by atoms with E-state index in [0.29, 0.717) is 28.4 Å². The number of nitrogens with one attached hydrogen (secondary N) is 1. The molecular formula is C43H43N9O5. The minimum absolute atomic E-state index is 0.0984. The number of anilines is 2. The van der Waals surface area contributed by atoms with E-state index >= 15 is 0 Å². The van der Waals surface area contributed by atoms with E-state index in [0.717, 1.165) is 109 Å². The molecule has 2 aromatic heterocycles. The van der Waals surface area contributed by atoms with Crippen LogP contribution in [0, 0.1) is 5.41 Å². The first-order valence-corrected chi connectivity index (χ1v) is 19.9. The van der Waals surface area contributed by atoms with Crippen molar-refractivity contribution in [3.05, 3.63) is 90.3 Å². The van der Waals surface area contributed by atoms with Crippen LogP contribution in [0.25, 0.3) is 22.3 Å². The van der Waals surface area contributed by atoms with Gasteiger partial charge in [-0.2, -0.15) is 5.10 Å². The number of nitrogens with zero attached hydrogens (tertiary/aromatic N) is 7. The van der Waals surface area contributed by atoms with Crippen LogP contribution < -0.4 is 20.7 Å². The zero-order valence-electron chi connectivity index (χ0n) is 31.5. The lowest BCUT2D eigenvalue weighted by atomic mass is 9.60. The highest BCUT2D eigenvalue weighted by molar-refractivity contribution is 6.23. The summed E-state index contributed by atoms with van der Waals surface area (Å²) in [6.07, 6.45) is 8.23. The molecule has 5 aliphatic rings. The molecule has 10 rings (SSSR count). The number of imide groups is 2. The number of benzene rings is 3. The molecule has 14 heteroatoms. The van der Waals surface area contributed by atoms with Crippen molar-refractivity contribution in [3.63, 3.8) is 0 Å². The molecule has 57 heavy (non-hydrogen) atoms. The van der Waals surface area contributed by atoms with Gasteiger partial charge < -0.3 is 20.3 Å². The molecule has 1 saturated carbocycles. The van der Waals surface area contributed by atoms with Crippen LogP contribution in [-0.2, 0) is 9.59 Å². The van der Waals surface area contributed by atoms with E-state index in [1.54, 1.807) is 12.1 Å². The lowest BCUT2D eigenvalue weighted by Crippen LogP contribution is -2.54. The smallest absolute Gasteiger partial charge is 0.262 e. The second-order valence-corrected chi connectivity index (χ2v) is 16.2. The predicted octanol–water partition coefficient (Wildman–Crippen LogP) is 5.36. The van der Waals surface area contributed by atoms with Crippen molar-refractivity contribution in [2.45, 2.75) is 69.5 Å². The first-order chi connectivity index (χ1) is 27.7. The Kier molecular flexibility index (Phi) is 8.54. The van der Waals surface area contributed by atoms with Crippen molar-refractivity contribution in [2.24, 2.45) is 5.41 Å². The topological polar surface area (TPSA) is 169 Å². The maximum atomic E-state index is 13.4. The van der Waals surface area contributed by atoms with Gasteiger partial charge in [0, 0.05) is 36.8 Å². The number of nitrogens with two attached hydrogens (primary N) is 1. The van der Waals surface area contributed by atoms with Gasteiger partial charge in [-0.1, -0.05) is 18.2 Å². The average molecular weight is 766 g/mol. The molecular weight excluding hydrogens is 723 g/mol. The number of fused-ring (bicyclic) bond motifs is 2. The highest BCUT2D eigenvalue weighted by Gasteiger charge is 2.49. The second kappa shape index (κ2) is 13.8. The van der Waals surface area contributed by atoms with E-state index in [9.17, 15) is 19.2 Å². The van der Waals surface area contributed by atoms with Crippen LogP contribution in [0.1, 0.15) is 78.1 Å². The molecule has 14 nitrogen and oxygen atoms in total. The van der Waals surface area contributed by atoms with Crippen LogP contribution in [0.4, 0.5) is 11.5 Å². The van der Waals surface area contributed by atoms with Crippen molar-refractivity contribution in [3.8, 4) is 22.8 Å². The summed E-state index contributed by atoms with van der Waals surface area (Å²) in [5.41, 5.74) is 10.8. The molecule has 3 saturated heterocycles. The molecule has 3 N–H and O–H groups in total. The van der Waals surface area contributed by atoms with Gasteiger partial charge in [0.1, 0.15) is 35.4 Å². The van der Waals surface area contributed by atoms with E-state index in [4.69, 9.17) is 15.6 Å². The number of carbonyl (C=O) groups is 4. The number of carbonyl (C=O) groups excluding carboxylic acids is 4. The quantitative estimate of drug-likeness (QED) is 0.205. The lowest BCUT2D eigenvalue weighted by molar-refractivity contribution is -0.136. The van der Waals surface area contributed by atoms with Crippen LogP contribution in [0.3, 0.4) is 0 Å². The van der Waals surface area contributed by atoms with Crippen LogP contribution in [0.5, 0.6) is 11.5 Å². The fourth-order valence-electron chi connectivity index (χ4n) is 9.79. The summed E-state index contributed by atoms with van der Waals surface area (Å²) in [7, 11) is 0. The Morgan fingerprint density at radius 2 is 1.49 bits per heavy atom. The molecule has 0 bridgehead atoms. The van der Waals surface area contributed by atoms with Gasteiger partial charge in [-0.05, 0) is 118 Å². The Morgan fingerprint density at radius 3 is 2.23 bits per heavy atom. The van der Waals surface area contributed by atoms with Gasteiger partial charge in [0.25, 0.3) is 11.8 Å². The molecule has 0 radical (unpaired) electrons. The molecule has 5 aromatic rings. The van der Waals surface area contributed by atoms with E-state index in [2.05, 4.69) is 29.8 Å². The summed E-state index contributed by atoms with van der Waals surface area (Å²) in [5.74, 6) is 0.0159. The van der Waals surface area contributed by atoms with Crippen molar-refractivity contribution in [1.82, 2.24) is 34.9 Å². The van der Waals surface area contributed by atoms with E-state index in [-0.39, 0.29) is 24.8 Å². The minimum atomic E-state index is -0.966. The Morgan fingerprint density at radius 1 is 0.772 bits per heavy atom. The molecule has 3 aromatic carbocycles. The van der Waals surface area contributed by atoms with Crippen molar-refractivity contribution in [2.75, 3.05) is 36.8 Å². The number of rotatable bonds is 7. The number of likely N-dealkylation sites (tertiary alicyclic amines) is 1. The van der Waals surface area contributed by atoms with Crippen LogP contribution in [0.15, 0.2) is 79.1 Å². The third-order valence-electron chi connectivity index (χ3n) is 12.9. The standard InChI is InChI=1S/C43H43N9O5/c44-38-36-37(26-6-9-31(10-7-26)57-30-4-2-1-3-5-30)48-52(39(36)46-25-45-38)29-23-43(24-29)16-20-50(21-17-43)27-14-18-49(19-15-27)28-8-11-32-33(22-28)42(56)51(41(32)55)34-12-13-35(53)47-40(34)54/h1-11,22,25,27,29,34H,12-21,23-24H2,(H2,44,45,46)(H,47,53,54). The van der Waals surface area contributed by atoms with E-state index < -0.39 is 23.8 Å². The first-order valence-electron chi connectivity index (χ1n) is 19.9. The third kappa shape index (κ3) is 6.18. The van der Waals surface area contributed by atoms with Gasteiger partial charge in [0.05, 0.1) is 22.6 Å². The molecule has 4 aliphatic heterocycles. The highest BCUT2D eigenvalue weighted by Crippen LogP contribution is 2.56. The number of ether oxygens (including phenoxy) is 1. The van der Waals surface area contributed by atoms with Crippen LogP contribution in [0.2, 0.25) is 0 Å². The minimum Gasteiger partial charge on any atom is -0.457 e. The fraction of sp³-hybridized carbons (Fsp3) is 0.372. The maximum Gasteiger partial charge on any atom is 0.262 e. The van der Waals surface area contributed by atoms with Gasteiger partial charge in [0.2, 0.25) is 11.8 Å². The van der Waals surface area contributed by atoms with Gasteiger partial charge in [0.15, 0.2) is 5.65 Å². The van der Waals surface area contributed by atoms with Crippen molar-refractivity contribution in [1.29, 1.82) is 0 Å². The summed E-state index contributed by atoms with van der Waals surface area (Å²) in [6.45, 7) is 3.85. The maximum absolute atomic E-state index is 13.4. The van der Waals surface area contributed by atoms with Crippen LogP contribution >= 0.6 is 0 Å². The summed E-state index contributed by atoms with van der Waals surface area (Å²) in [6, 6.07) is 22.8. The number of para-hydroxylation sites is 1. The lowest BCUT2D eigenvalue weighted by Gasteiger charge is -2.53. The molecule has 4 fully saturated rings. The van der Waals surface area contributed by atoms with Gasteiger partial charge in [-0.3, -0.25) is 29.4 Å². The Labute approximate surface area is 329 Å². The zero-order valence-corrected chi connectivity index (χ0v) is 31.5. The third-order valence-corrected chi connectivity index (χ3v) is 12.9. The number of aromatic nitrogens is 4. The van der Waals surface area contributed by atoms with E-state index in [1.807, 2.05) is 60.7 Å².